The first kappa shape index (κ1) is 96.0. The number of benzene rings is 7. The summed E-state index contributed by atoms with van der Waals surface area (Å²) in [6, 6.07) is 35.9. The van der Waals surface area contributed by atoms with Crippen LogP contribution in [0.4, 0.5) is 33.2 Å². The molecule has 6 saturated heterocycles. The first-order valence-corrected chi connectivity index (χ1v) is 47.3. The number of unbranched alkanes of at least 4 members (excludes halogenated alkanes) is 1. The van der Waals surface area contributed by atoms with Crippen molar-refractivity contribution in [3.05, 3.63) is 258 Å². The van der Waals surface area contributed by atoms with Gasteiger partial charge in [0.1, 0.15) is 42.1 Å². The third-order valence-electron chi connectivity index (χ3n) is 25.6. The number of urea groups is 6. The van der Waals surface area contributed by atoms with Gasteiger partial charge in [0.2, 0.25) is 0 Å². The number of hydrogen-bond donors (Lipinski definition) is 12. The number of rotatable bonds is 24. The van der Waals surface area contributed by atoms with E-state index in [0.717, 1.165) is 132 Å². The van der Waals surface area contributed by atoms with Crippen molar-refractivity contribution in [1.29, 1.82) is 0 Å². The number of nitrogens with zero attached hydrogens (tertiary/aromatic N) is 6. The van der Waals surface area contributed by atoms with E-state index in [0.29, 0.717) is 110 Å². The third kappa shape index (κ3) is 20.9. The Bertz CT molecular complexity index is 6820. The Hall–Kier alpha value is -13.2. The topological polar surface area (TPSA) is 391 Å². The molecule has 706 valence electrons. The summed E-state index contributed by atoms with van der Waals surface area (Å²) in [6.07, 6.45) is 24.4. The van der Waals surface area contributed by atoms with Gasteiger partial charge in [-0.25, -0.2) is 33.2 Å². The van der Waals surface area contributed by atoms with E-state index in [-0.39, 0.29) is 84.6 Å². The number of aromatic amines is 6. The van der Waals surface area contributed by atoms with Crippen LogP contribution in [0, 0.1) is 17.7 Å². The number of para-hydroxylation sites is 5. The molecule has 8 fully saturated rings. The van der Waals surface area contributed by atoms with E-state index < -0.39 is 48.1 Å². The van der Waals surface area contributed by atoms with E-state index in [9.17, 15) is 61.9 Å². The largest absolute Gasteiger partial charge is 0.360 e. The average Bonchev–Trinajstić information content (AvgIpc) is 1.63. The van der Waals surface area contributed by atoms with Crippen LogP contribution in [-0.2, 0) is 73.7 Å². The van der Waals surface area contributed by atoms with Crippen molar-refractivity contribution in [3.8, 4) is 0 Å². The van der Waals surface area contributed by atoms with Crippen molar-refractivity contribution < 1.29 is 61.9 Å². The molecule has 7 aromatic carbocycles. The van der Waals surface area contributed by atoms with Gasteiger partial charge < -0.3 is 61.8 Å². The number of halogens is 7. The van der Waals surface area contributed by atoms with Gasteiger partial charge >= 0.3 is 36.2 Å². The number of fused-ring (bicyclic) bond motifs is 6. The van der Waals surface area contributed by atoms with E-state index in [2.05, 4.69) is 80.5 Å². The second-order valence-corrected chi connectivity index (χ2v) is 37.5. The Morgan fingerprint density at radius 2 is 0.691 bits per heavy atom. The fourth-order valence-corrected chi connectivity index (χ4v) is 19.7. The van der Waals surface area contributed by atoms with Gasteiger partial charge in [-0.2, -0.15) is 0 Å². The normalized spacial score (nSPS) is 19.3. The first-order chi connectivity index (χ1) is 65.5. The molecule has 136 heavy (non-hydrogen) atoms. The fourth-order valence-electron chi connectivity index (χ4n) is 18.4. The lowest BCUT2D eigenvalue weighted by atomic mass is 10.0. The van der Waals surface area contributed by atoms with Crippen molar-refractivity contribution in [3.63, 3.8) is 0 Å². The standard InChI is InChI=1S/C22H22ClN3O2.C18H20ClN3O2.C16H16ClN3O2.C15H16ClN3O2.C15H14ClN3O2.C13H11ClFN3O2/c23-18-11-6-10-17-16(14-24-20(17)18)13-19-21(27)26(22(28)25-19)12-5-4-9-15-7-2-1-3-8-15;19-14-7-3-6-13-12(9-20-16(13)14)8-15-17(23)22(18(24)21-15)10-11-4-1-2-5-11;17-12-3-1-2-11-10(7-18-14(11)12)6-13-15(21)20(16(22)19-13)8-9-4-5-9;1-8(2)19-14(20)12(18-15(19)21)6-9-7-17-13-10(9)4-3-5-11(13)16;1-2-6-19-14(20)12(18-15(19)21)7-9-8-17-13-10(9)4-3-5-11(13)16;1-18-12(19)9(17-13(18)20)4-6-5-16-11-7(14)2-3-8(15)10(6)11/h1-3,6-8,10-11,14,19,24H,4-5,9,12-13H2,(H,25,28);3,6-7,9,11,15,20H,1-2,4-5,8,10H2,(H,21,24);1-3,7,9,13,18H,4-6,8H2,(H,19,22);3-5,7-8,12,17H,6H2,1-2H3,(H,18,21);2-5,8,12,17H,1,6-7H2,(H,18,21);2-3,5,9,16H,4H2,1H3,(H,17,20)/t19-;15-;13-;2*12-;9-/m111111/s1. The lowest BCUT2D eigenvalue weighted by Crippen LogP contribution is -2.37. The monoisotopic (exact) mass is 1960 g/mol. The molecule has 13 aromatic rings. The summed E-state index contributed by atoms with van der Waals surface area (Å²) in [5.74, 6) is -0.552. The van der Waals surface area contributed by atoms with Crippen LogP contribution in [0.3, 0.4) is 0 Å². The molecule has 18 amide bonds. The lowest BCUT2D eigenvalue weighted by Gasteiger charge is -2.17. The highest BCUT2D eigenvalue weighted by Crippen LogP contribution is 2.37. The number of hydrogen-bond acceptors (Lipinski definition) is 12. The molecular formula is C99H99Cl6FN18O12. The molecule has 37 heteroatoms. The van der Waals surface area contributed by atoms with Crippen molar-refractivity contribution >= 4 is 207 Å². The van der Waals surface area contributed by atoms with E-state index in [1.807, 2.05) is 148 Å². The molecular weight excluding hydrogens is 1860 g/mol. The van der Waals surface area contributed by atoms with Gasteiger partial charge in [-0.15, -0.1) is 6.58 Å². The van der Waals surface area contributed by atoms with Gasteiger partial charge in [0.25, 0.3) is 35.4 Å². The summed E-state index contributed by atoms with van der Waals surface area (Å²) in [7, 11) is 1.41. The average molecular weight is 1960 g/mol. The zero-order valence-corrected chi connectivity index (χ0v) is 78.8. The number of imide groups is 6. The predicted molar refractivity (Wildman–Crippen MR) is 522 cm³/mol. The molecule has 12 heterocycles. The number of nitrogens with one attached hydrogen (secondary N) is 12. The summed E-state index contributed by atoms with van der Waals surface area (Å²) < 4.78 is 13.9. The zero-order chi connectivity index (χ0) is 96.0. The van der Waals surface area contributed by atoms with Gasteiger partial charge in [0.15, 0.2) is 0 Å². The van der Waals surface area contributed by atoms with E-state index in [4.69, 9.17) is 69.6 Å². The Morgan fingerprint density at radius 1 is 0.360 bits per heavy atom. The van der Waals surface area contributed by atoms with Crippen LogP contribution >= 0.6 is 69.6 Å². The Balaban J connectivity index is 0.000000119. The second kappa shape index (κ2) is 42.0. The summed E-state index contributed by atoms with van der Waals surface area (Å²) in [5, 5.41) is 25.4. The van der Waals surface area contributed by atoms with Gasteiger partial charge in [0.05, 0.1) is 63.2 Å². The minimum absolute atomic E-state index is 0.108. The van der Waals surface area contributed by atoms with Crippen molar-refractivity contribution in [2.75, 3.05) is 33.2 Å². The number of H-pyrrole nitrogens is 6. The highest BCUT2D eigenvalue weighted by Gasteiger charge is 2.45. The molecule has 6 atom stereocenters. The molecule has 6 aliphatic heterocycles. The minimum atomic E-state index is -0.676. The molecule has 30 nitrogen and oxygen atoms in total. The lowest BCUT2D eigenvalue weighted by molar-refractivity contribution is -0.129. The molecule has 0 radical (unpaired) electrons. The number of aryl methyl sites for hydroxylation is 1. The molecule has 21 rings (SSSR count). The van der Waals surface area contributed by atoms with Crippen LogP contribution in [-0.4, -0.2) is 206 Å². The van der Waals surface area contributed by atoms with E-state index in [1.54, 1.807) is 12.3 Å². The maximum absolute atomic E-state index is 13.9. The smallest absolute Gasteiger partial charge is 0.325 e. The second-order valence-electron chi connectivity index (χ2n) is 35.1. The number of carbonyl (C=O) groups excluding carboxylic acids is 12. The highest BCUT2D eigenvalue weighted by molar-refractivity contribution is 6.37. The number of amides is 18. The maximum atomic E-state index is 13.9. The van der Waals surface area contributed by atoms with Crippen LogP contribution < -0.4 is 31.9 Å². The van der Waals surface area contributed by atoms with Gasteiger partial charge in [0, 0.05) is 147 Å². The van der Waals surface area contributed by atoms with Crippen LogP contribution in [0.1, 0.15) is 104 Å². The molecule has 2 aliphatic carbocycles. The number of likely N-dealkylation sites (N-methyl/N-ethyl adjacent to an activating group) is 1. The molecule has 2 saturated carbocycles. The Kier molecular flexibility index (Phi) is 29.6. The third-order valence-corrected chi connectivity index (χ3v) is 27.5. The Morgan fingerprint density at radius 3 is 1.07 bits per heavy atom. The van der Waals surface area contributed by atoms with E-state index >= 15 is 0 Å². The van der Waals surface area contributed by atoms with Gasteiger partial charge in [-0.1, -0.05) is 180 Å². The van der Waals surface area contributed by atoms with Gasteiger partial charge in [-0.05, 0) is 152 Å². The summed E-state index contributed by atoms with van der Waals surface area (Å²) in [5.41, 5.74) is 11.5. The number of aromatic nitrogens is 6. The van der Waals surface area contributed by atoms with Crippen molar-refractivity contribution in [1.82, 2.24) is 91.2 Å². The molecule has 0 bridgehead atoms. The fraction of sp³-hybridized carbons (Fsp3) is 0.313. The van der Waals surface area contributed by atoms with Crippen LogP contribution in [0.2, 0.25) is 30.1 Å². The summed E-state index contributed by atoms with van der Waals surface area (Å²) in [4.78, 5) is 172. The molecule has 6 aromatic heterocycles. The highest BCUT2D eigenvalue weighted by atomic mass is 35.5. The molecule has 8 aliphatic rings. The molecule has 0 spiro atoms. The quantitative estimate of drug-likeness (QED) is 0.0153. The molecule has 12 N–H and O–H groups in total. The van der Waals surface area contributed by atoms with Crippen molar-refractivity contribution in [2.45, 2.75) is 152 Å². The van der Waals surface area contributed by atoms with Crippen LogP contribution in [0.5, 0.6) is 0 Å². The minimum Gasteiger partial charge on any atom is -0.360 e. The maximum Gasteiger partial charge on any atom is 0.325 e. The van der Waals surface area contributed by atoms with Crippen LogP contribution in [0.15, 0.2) is 183 Å². The Labute approximate surface area is 810 Å². The van der Waals surface area contributed by atoms with Crippen LogP contribution in [0.25, 0.3) is 65.4 Å². The first-order valence-electron chi connectivity index (χ1n) is 45.0. The predicted octanol–water partition coefficient (Wildman–Crippen LogP) is 17.7. The summed E-state index contributed by atoms with van der Waals surface area (Å²) in [6.45, 7) is 8.99. The number of carbonyl (C=O) groups is 12. The summed E-state index contributed by atoms with van der Waals surface area (Å²) >= 11 is 36.8. The van der Waals surface area contributed by atoms with Crippen molar-refractivity contribution in [2.24, 2.45) is 11.8 Å². The van der Waals surface area contributed by atoms with E-state index in [1.165, 1.54) is 68.2 Å². The SMILES string of the molecule is C=CCN1C(=O)N[C@H](Cc2c[nH]c3c(Cl)cccc23)C1=O.CC(C)N1C(=O)N[C@H](Cc2c[nH]c3c(Cl)cccc23)C1=O.CN1C(=O)N[C@H](Cc2c[nH]c3c(Cl)ccc(F)c23)C1=O.O=C1N[C@H](Cc2c[nH]c3c(Cl)cccc23)C(=O)N1CC1CC1.O=C1N[C@H](Cc2c[nH]c3c(Cl)cccc23)C(=O)N1CC1CCCC1.O=C1N[C@H](Cc2c[nH]c3c(Cl)cccc23)C(=O)N1CCCCc1ccccc1. The molecule has 0 unspecified atom stereocenters. The van der Waals surface area contributed by atoms with Gasteiger partial charge in [-0.3, -0.25) is 58.2 Å². The zero-order valence-electron chi connectivity index (χ0n) is 74.3.